The molecule has 0 saturated carbocycles. The smallest absolute Gasteiger partial charge is 0.0457 e. The molecule has 16 heavy (non-hydrogen) atoms. The van der Waals surface area contributed by atoms with Crippen LogP contribution in [0.1, 0.15) is 24.9 Å². The third-order valence-electron chi connectivity index (χ3n) is 2.58. The predicted octanol–water partition coefficient (Wildman–Crippen LogP) is 3.56. The lowest BCUT2D eigenvalue weighted by molar-refractivity contribution is 0.718. The van der Waals surface area contributed by atoms with E-state index in [2.05, 4.69) is 35.8 Å². The van der Waals surface area contributed by atoms with E-state index in [0.717, 1.165) is 23.1 Å². The van der Waals surface area contributed by atoms with Crippen LogP contribution in [0.15, 0.2) is 42.6 Å². The van der Waals surface area contributed by atoms with Gasteiger partial charge >= 0.3 is 0 Å². The third kappa shape index (κ3) is 2.65. The van der Waals surface area contributed by atoms with Gasteiger partial charge in [-0.05, 0) is 36.4 Å². The normalized spacial score (nSPS) is 12.1. The fraction of sp³-hybridized carbons (Fsp3) is 0.231. The highest BCUT2D eigenvalue weighted by Crippen LogP contribution is 2.21. The van der Waals surface area contributed by atoms with Crippen LogP contribution in [0, 0.1) is 0 Å². The van der Waals surface area contributed by atoms with E-state index in [1.807, 2.05) is 13.1 Å². The molecule has 0 bridgehead atoms. The van der Waals surface area contributed by atoms with Crippen LogP contribution in [0.3, 0.4) is 0 Å². The number of benzene rings is 1. The first-order valence-electron chi connectivity index (χ1n) is 5.14. The van der Waals surface area contributed by atoms with E-state index in [-0.39, 0.29) is 18.4 Å². The zero-order valence-corrected chi connectivity index (χ0v) is 10.2. The van der Waals surface area contributed by atoms with Gasteiger partial charge < -0.3 is 10.7 Å². The zero-order chi connectivity index (χ0) is 10.8. The third-order valence-corrected chi connectivity index (χ3v) is 2.58. The number of nitrogens with two attached hydrogens (primary N) is 1. The molecule has 0 aliphatic carbocycles. The van der Waals surface area contributed by atoms with Gasteiger partial charge in [-0.25, -0.2) is 0 Å². The lowest BCUT2D eigenvalue weighted by atomic mass is 10.0. The molecule has 0 radical (unpaired) electrons. The van der Waals surface area contributed by atoms with Gasteiger partial charge in [-0.3, -0.25) is 0 Å². The number of H-pyrrole nitrogens is 1. The van der Waals surface area contributed by atoms with Crippen LogP contribution in [-0.2, 0) is 0 Å². The Balaban J connectivity index is 0.00000128. The molecule has 1 heterocycles. The Bertz CT molecular complexity index is 487. The minimum atomic E-state index is 0. The van der Waals surface area contributed by atoms with Gasteiger partial charge in [0.25, 0.3) is 0 Å². The molecule has 2 nitrogen and oxygen atoms in total. The number of hydrogen-bond donors (Lipinski definition) is 2. The van der Waals surface area contributed by atoms with Crippen LogP contribution >= 0.6 is 12.4 Å². The summed E-state index contributed by atoms with van der Waals surface area (Å²) in [5.41, 5.74) is 9.50. The van der Waals surface area contributed by atoms with E-state index in [1.165, 1.54) is 5.39 Å². The van der Waals surface area contributed by atoms with Crippen molar-refractivity contribution in [3.05, 3.63) is 48.2 Å². The van der Waals surface area contributed by atoms with Crippen molar-refractivity contribution in [1.82, 2.24) is 4.98 Å². The van der Waals surface area contributed by atoms with E-state index >= 15 is 0 Å². The Hall–Kier alpha value is -1.25. The first-order chi connectivity index (χ1) is 7.16. The van der Waals surface area contributed by atoms with Gasteiger partial charge in [0.1, 0.15) is 0 Å². The molecule has 0 aliphatic rings. The minimum Gasteiger partial charge on any atom is -0.361 e. The summed E-state index contributed by atoms with van der Waals surface area (Å²) in [5, 5.41) is 1.22. The summed E-state index contributed by atoms with van der Waals surface area (Å²) in [6.45, 7) is 5.89. The molecular weight excluding hydrogens is 220 g/mol. The second-order valence-electron chi connectivity index (χ2n) is 4.09. The molecule has 1 aromatic heterocycles. The lowest BCUT2D eigenvalue weighted by Crippen LogP contribution is -2.10. The number of halogens is 1. The first kappa shape index (κ1) is 12.8. The summed E-state index contributed by atoms with van der Waals surface area (Å²) in [6, 6.07) is 8.41. The molecule has 0 spiro atoms. The molecule has 0 unspecified atom stereocenters. The largest absolute Gasteiger partial charge is 0.361 e. The van der Waals surface area contributed by atoms with Gasteiger partial charge in [0.05, 0.1) is 0 Å². The van der Waals surface area contributed by atoms with E-state index in [0.29, 0.717) is 0 Å². The minimum absolute atomic E-state index is 0. The number of aromatic amines is 1. The molecule has 0 amide bonds. The molecule has 3 N–H and O–H groups in total. The number of aromatic nitrogens is 1. The Labute approximate surface area is 102 Å². The number of hydrogen-bond acceptors (Lipinski definition) is 1. The quantitative estimate of drug-likeness (QED) is 0.787. The summed E-state index contributed by atoms with van der Waals surface area (Å²) in [6.07, 6.45) is 2.78. The Morgan fingerprint density at radius 3 is 2.88 bits per heavy atom. The van der Waals surface area contributed by atoms with E-state index in [4.69, 9.17) is 5.73 Å². The molecule has 86 valence electrons. The summed E-state index contributed by atoms with van der Waals surface area (Å²) in [7, 11) is 0. The summed E-state index contributed by atoms with van der Waals surface area (Å²) >= 11 is 0. The SMILES string of the molecule is C=C(C)C[C@H](N)c1ccc2cc[nH]c2c1.Cl. The second kappa shape index (κ2) is 5.19. The number of nitrogens with one attached hydrogen (secondary N) is 1. The van der Waals surface area contributed by atoms with Gasteiger partial charge in [0.2, 0.25) is 0 Å². The van der Waals surface area contributed by atoms with Crippen LogP contribution in [0.4, 0.5) is 0 Å². The average molecular weight is 237 g/mol. The molecule has 0 fully saturated rings. The van der Waals surface area contributed by atoms with Crippen LogP contribution in [0.5, 0.6) is 0 Å². The summed E-state index contributed by atoms with van der Waals surface area (Å²) in [4.78, 5) is 3.19. The Morgan fingerprint density at radius 2 is 2.19 bits per heavy atom. The van der Waals surface area contributed by atoms with Crippen molar-refractivity contribution in [2.75, 3.05) is 0 Å². The monoisotopic (exact) mass is 236 g/mol. The van der Waals surface area contributed by atoms with Crippen molar-refractivity contribution in [1.29, 1.82) is 0 Å². The summed E-state index contributed by atoms with van der Waals surface area (Å²) < 4.78 is 0. The van der Waals surface area contributed by atoms with Crippen LogP contribution < -0.4 is 5.73 Å². The predicted molar refractivity (Wildman–Crippen MR) is 71.9 cm³/mol. The van der Waals surface area contributed by atoms with Crippen molar-refractivity contribution in [2.45, 2.75) is 19.4 Å². The topological polar surface area (TPSA) is 41.8 Å². The van der Waals surface area contributed by atoms with E-state index in [1.54, 1.807) is 0 Å². The lowest BCUT2D eigenvalue weighted by Gasteiger charge is -2.11. The molecule has 2 rings (SSSR count). The maximum atomic E-state index is 6.08. The molecule has 1 atom stereocenters. The first-order valence-corrected chi connectivity index (χ1v) is 5.14. The van der Waals surface area contributed by atoms with Crippen molar-refractivity contribution in [2.24, 2.45) is 5.73 Å². The Kier molecular flexibility index (Phi) is 4.16. The average Bonchev–Trinajstić information content (AvgIpc) is 2.62. The molecule has 1 aromatic carbocycles. The maximum Gasteiger partial charge on any atom is 0.0457 e. The van der Waals surface area contributed by atoms with Gasteiger partial charge in [-0.2, -0.15) is 0 Å². The van der Waals surface area contributed by atoms with Crippen molar-refractivity contribution in [3.8, 4) is 0 Å². The highest BCUT2D eigenvalue weighted by molar-refractivity contribution is 5.85. The standard InChI is InChI=1S/C13H16N2.ClH/c1-9(2)7-12(14)11-4-3-10-5-6-15-13(10)8-11;/h3-6,8,12,15H,1,7,14H2,2H3;1H/t12-;/m0./s1. The fourth-order valence-electron chi connectivity index (χ4n) is 1.79. The Morgan fingerprint density at radius 1 is 1.44 bits per heavy atom. The summed E-state index contributed by atoms with van der Waals surface area (Å²) in [5.74, 6) is 0. The van der Waals surface area contributed by atoms with Gasteiger partial charge in [-0.15, -0.1) is 19.0 Å². The molecule has 3 heteroatoms. The van der Waals surface area contributed by atoms with E-state index < -0.39 is 0 Å². The van der Waals surface area contributed by atoms with Crippen LogP contribution in [0.25, 0.3) is 10.9 Å². The number of rotatable bonds is 3. The van der Waals surface area contributed by atoms with Crippen molar-refractivity contribution >= 4 is 23.3 Å². The number of fused-ring (bicyclic) bond motifs is 1. The van der Waals surface area contributed by atoms with Gasteiger partial charge in [-0.1, -0.05) is 17.7 Å². The van der Waals surface area contributed by atoms with Crippen LogP contribution in [0.2, 0.25) is 0 Å². The molecular formula is C13H17ClN2. The highest BCUT2D eigenvalue weighted by atomic mass is 35.5. The van der Waals surface area contributed by atoms with Crippen molar-refractivity contribution in [3.63, 3.8) is 0 Å². The molecule has 0 saturated heterocycles. The van der Waals surface area contributed by atoms with Crippen LogP contribution in [-0.4, -0.2) is 4.98 Å². The van der Waals surface area contributed by atoms with Crippen molar-refractivity contribution < 1.29 is 0 Å². The zero-order valence-electron chi connectivity index (χ0n) is 9.36. The molecule has 0 aliphatic heterocycles. The maximum absolute atomic E-state index is 6.08. The second-order valence-corrected chi connectivity index (χ2v) is 4.09. The van der Waals surface area contributed by atoms with E-state index in [9.17, 15) is 0 Å². The fourth-order valence-corrected chi connectivity index (χ4v) is 1.79. The highest BCUT2D eigenvalue weighted by Gasteiger charge is 2.06. The molecule has 2 aromatic rings. The van der Waals surface area contributed by atoms with Gasteiger partial charge in [0.15, 0.2) is 0 Å². The van der Waals surface area contributed by atoms with Gasteiger partial charge in [0, 0.05) is 17.8 Å².